The highest BCUT2D eigenvalue weighted by Gasteiger charge is 2.26. The number of rotatable bonds is 6. The normalized spacial score (nSPS) is 22.5. The third-order valence-electron chi connectivity index (χ3n) is 5.06. The zero-order chi connectivity index (χ0) is 15.9. The molecule has 0 bridgehead atoms. The zero-order valence-corrected chi connectivity index (χ0v) is 14.7. The van der Waals surface area contributed by atoms with Crippen molar-refractivity contribution in [2.45, 2.75) is 71.5 Å². The maximum Gasteiger partial charge on any atom is 0.219 e. The molecule has 2 rings (SSSR count). The molecular weight excluding hydrogens is 276 g/mol. The number of piperidine rings is 2. The van der Waals surface area contributed by atoms with Crippen LogP contribution in [-0.2, 0) is 9.53 Å². The molecule has 0 aromatic carbocycles. The summed E-state index contributed by atoms with van der Waals surface area (Å²) in [6.07, 6.45) is 7.84. The molecule has 2 saturated heterocycles. The third-order valence-corrected chi connectivity index (χ3v) is 5.06. The first-order valence-corrected chi connectivity index (χ1v) is 9.18. The molecule has 0 spiro atoms. The van der Waals surface area contributed by atoms with Gasteiger partial charge in [0.1, 0.15) is 0 Å². The topological polar surface area (TPSA) is 32.8 Å². The molecule has 128 valence electrons. The molecule has 4 nitrogen and oxygen atoms in total. The quantitative estimate of drug-likeness (QED) is 0.756. The SMILES string of the molecule is CC(=O)N1CCC(OC2CCN(CCCC(C)C)CC2)CC1. The van der Waals surface area contributed by atoms with Crippen LogP contribution < -0.4 is 0 Å². The van der Waals surface area contributed by atoms with Crippen molar-refractivity contribution in [2.24, 2.45) is 5.92 Å². The van der Waals surface area contributed by atoms with Crippen molar-refractivity contribution in [3.63, 3.8) is 0 Å². The van der Waals surface area contributed by atoms with E-state index in [4.69, 9.17) is 4.74 Å². The summed E-state index contributed by atoms with van der Waals surface area (Å²) >= 11 is 0. The molecule has 2 heterocycles. The van der Waals surface area contributed by atoms with Crippen LogP contribution in [-0.4, -0.2) is 60.6 Å². The number of nitrogens with zero attached hydrogens (tertiary/aromatic N) is 2. The Morgan fingerprint density at radius 2 is 1.59 bits per heavy atom. The van der Waals surface area contributed by atoms with E-state index in [1.807, 2.05) is 4.90 Å². The fraction of sp³-hybridized carbons (Fsp3) is 0.944. The van der Waals surface area contributed by atoms with Crippen LogP contribution in [0.3, 0.4) is 0 Å². The highest BCUT2D eigenvalue weighted by Crippen LogP contribution is 2.21. The summed E-state index contributed by atoms with van der Waals surface area (Å²) in [6.45, 7) is 11.6. The molecule has 2 aliphatic heterocycles. The Hall–Kier alpha value is -0.610. The number of hydrogen-bond donors (Lipinski definition) is 0. The lowest BCUT2D eigenvalue weighted by Gasteiger charge is -2.37. The number of hydrogen-bond acceptors (Lipinski definition) is 3. The van der Waals surface area contributed by atoms with Crippen molar-refractivity contribution in [1.29, 1.82) is 0 Å². The van der Waals surface area contributed by atoms with E-state index in [-0.39, 0.29) is 5.91 Å². The van der Waals surface area contributed by atoms with Gasteiger partial charge in [-0.2, -0.15) is 0 Å². The van der Waals surface area contributed by atoms with Crippen molar-refractivity contribution < 1.29 is 9.53 Å². The van der Waals surface area contributed by atoms with Gasteiger partial charge in [0, 0.05) is 33.1 Å². The third kappa shape index (κ3) is 5.88. The average Bonchev–Trinajstić information content (AvgIpc) is 2.49. The van der Waals surface area contributed by atoms with Crippen LogP contribution in [0.15, 0.2) is 0 Å². The Kier molecular flexibility index (Phi) is 7.16. The fourth-order valence-electron chi connectivity index (χ4n) is 3.57. The predicted octanol–water partition coefficient (Wildman–Crippen LogP) is 2.91. The molecule has 0 saturated carbocycles. The van der Waals surface area contributed by atoms with Gasteiger partial charge in [-0.1, -0.05) is 13.8 Å². The van der Waals surface area contributed by atoms with Gasteiger partial charge in [-0.3, -0.25) is 4.79 Å². The molecule has 0 radical (unpaired) electrons. The van der Waals surface area contributed by atoms with Gasteiger partial charge in [0.15, 0.2) is 0 Å². The molecule has 2 fully saturated rings. The maximum absolute atomic E-state index is 11.3. The van der Waals surface area contributed by atoms with Crippen molar-refractivity contribution in [3.05, 3.63) is 0 Å². The van der Waals surface area contributed by atoms with Crippen LogP contribution in [0.2, 0.25) is 0 Å². The first-order valence-electron chi connectivity index (χ1n) is 9.18. The summed E-state index contributed by atoms with van der Waals surface area (Å²) in [5, 5.41) is 0. The predicted molar refractivity (Wildman–Crippen MR) is 89.9 cm³/mol. The van der Waals surface area contributed by atoms with Gasteiger partial charge in [-0.25, -0.2) is 0 Å². The summed E-state index contributed by atoms with van der Waals surface area (Å²) in [7, 11) is 0. The first kappa shape index (κ1) is 17.7. The molecule has 0 unspecified atom stereocenters. The summed E-state index contributed by atoms with van der Waals surface area (Å²) in [4.78, 5) is 15.9. The van der Waals surface area contributed by atoms with Gasteiger partial charge in [0.05, 0.1) is 12.2 Å². The lowest BCUT2D eigenvalue weighted by molar-refractivity contribution is -0.132. The van der Waals surface area contributed by atoms with E-state index < -0.39 is 0 Å². The second-order valence-electron chi connectivity index (χ2n) is 7.42. The van der Waals surface area contributed by atoms with Gasteiger partial charge < -0.3 is 14.5 Å². The highest BCUT2D eigenvalue weighted by atomic mass is 16.5. The minimum absolute atomic E-state index is 0.202. The monoisotopic (exact) mass is 310 g/mol. The smallest absolute Gasteiger partial charge is 0.219 e. The molecule has 2 aliphatic rings. The molecule has 0 N–H and O–H groups in total. The maximum atomic E-state index is 11.3. The molecule has 22 heavy (non-hydrogen) atoms. The van der Waals surface area contributed by atoms with E-state index in [9.17, 15) is 4.79 Å². The molecule has 0 aromatic rings. The van der Waals surface area contributed by atoms with Gasteiger partial charge in [-0.15, -0.1) is 0 Å². The Balaban J connectivity index is 1.59. The van der Waals surface area contributed by atoms with Crippen molar-refractivity contribution in [1.82, 2.24) is 9.80 Å². The minimum atomic E-state index is 0.202. The molecule has 4 heteroatoms. The highest BCUT2D eigenvalue weighted by molar-refractivity contribution is 5.73. The first-order chi connectivity index (χ1) is 10.5. The second kappa shape index (κ2) is 8.88. The molecule has 1 amide bonds. The van der Waals surface area contributed by atoms with E-state index in [1.54, 1.807) is 6.92 Å². The van der Waals surface area contributed by atoms with Crippen LogP contribution in [0.5, 0.6) is 0 Å². The molecule has 0 aliphatic carbocycles. The summed E-state index contributed by atoms with van der Waals surface area (Å²) in [5.41, 5.74) is 0. The van der Waals surface area contributed by atoms with Crippen LogP contribution in [0, 0.1) is 5.92 Å². The Bertz CT molecular complexity index is 330. The van der Waals surface area contributed by atoms with Crippen molar-refractivity contribution >= 4 is 5.91 Å². The number of carbonyl (C=O) groups excluding carboxylic acids is 1. The number of ether oxygens (including phenoxy) is 1. The van der Waals surface area contributed by atoms with E-state index in [0.717, 1.165) is 31.8 Å². The lowest BCUT2D eigenvalue weighted by Crippen LogP contribution is -2.43. The molecule has 0 atom stereocenters. The second-order valence-corrected chi connectivity index (χ2v) is 7.42. The Labute approximate surface area is 136 Å². The lowest BCUT2D eigenvalue weighted by atomic mass is 10.0. The molecule has 0 aromatic heterocycles. The fourth-order valence-corrected chi connectivity index (χ4v) is 3.57. The summed E-state index contributed by atoms with van der Waals surface area (Å²) in [5.74, 6) is 1.02. The van der Waals surface area contributed by atoms with E-state index in [0.29, 0.717) is 12.2 Å². The number of carbonyl (C=O) groups is 1. The zero-order valence-electron chi connectivity index (χ0n) is 14.7. The van der Waals surface area contributed by atoms with Crippen LogP contribution in [0.4, 0.5) is 0 Å². The van der Waals surface area contributed by atoms with Gasteiger partial charge in [-0.05, 0) is 51.0 Å². The van der Waals surface area contributed by atoms with Crippen molar-refractivity contribution in [3.8, 4) is 0 Å². The number of amides is 1. The Morgan fingerprint density at radius 3 is 2.09 bits per heavy atom. The van der Waals surface area contributed by atoms with Crippen LogP contribution in [0.1, 0.15) is 59.3 Å². The summed E-state index contributed by atoms with van der Waals surface area (Å²) in [6, 6.07) is 0. The number of likely N-dealkylation sites (tertiary alicyclic amines) is 2. The standard InChI is InChI=1S/C18H34N2O2/c1-15(2)5-4-10-19-11-6-17(7-12-19)22-18-8-13-20(14-9-18)16(3)21/h15,17-18H,4-14H2,1-3H3. The average molecular weight is 310 g/mol. The summed E-state index contributed by atoms with van der Waals surface area (Å²) < 4.78 is 6.29. The van der Waals surface area contributed by atoms with Crippen molar-refractivity contribution in [2.75, 3.05) is 32.7 Å². The van der Waals surface area contributed by atoms with Gasteiger partial charge >= 0.3 is 0 Å². The molecular formula is C18H34N2O2. The van der Waals surface area contributed by atoms with Gasteiger partial charge in [0.25, 0.3) is 0 Å². The van der Waals surface area contributed by atoms with Crippen LogP contribution >= 0.6 is 0 Å². The van der Waals surface area contributed by atoms with E-state index in [2.05, 4.69) is 18.7 Å². The minimum Gasteiger partial charge on any atom is -0.375 e. The largest absolute Gasteiger partial charge is 0.375 e. The van der Waals surface area contributed by atoms with E-state index >= 15 is 0 Å². The Morgan fingerprint density at radius 1 is 1.05 bits per heavy atom. The van der Waals surface area contributed by atoms with Crippen LogP contribution in [0.25, 0.3) is 0 Å². The van der Waals surface area contributed by atoms with E-state index in [1.165, 1.54) is 45.3 Å². The van der Waals surface area contributed by atoms with Gasteiger partial charge in [0.2, 0.25) is 5.91 Å².